The van der Waals surface area contributed by atoms with Crippen LogP contribution in [0.1, 0.15) is 30.4 Å². The van der Waals surface area contributed by atoms with E-state index in [9.17, 15) is 0 Å². The Labute approximate surface area is 135 Å². The molecule has 0 N–H and O–H groups in total. The van der Waals surface area contributed by atoms with Crippen molar-refractivity contribution in [3.63, 3.8) is 0 Å². The second kappa shape index (κ2) is 8.31. The van der Waals surface area contributed by atoms with Gasteiger partial charge >= 0.3 is 0 Å². The molecule has 0 bridgehead atoms. The lowest BCUT2D eigenvalue weighted by atomic mass is 9.89. The summed E-state index contributed by atoms with van der Waals surface area (Å²) in [5.74, 6) is 0.0960. The highest BCUT2D eigenvalue weighted by Crippen LogP contribution is 2.27. The van der Waals surface area contributed by atoms with Gasteiger partial charge in [0.15, 0.2) is 0 Å². The highest BCUT2D eigenvalue weighted by atomic mass is 15.2. The molecule has 2 aromatic rings. The van der Waals surface area contributed by atoms with E-state index in [1.807, 2.05) is 54.0 Å². The molecule has 0 radical (unpaired) electrons. The van der Waals surface area contributed by atoms with Gasteiger partial charge in [-0.1, -0.05) is 30.4 Å². The first-order valence-electron chi connectivity index (χ1n) is 7.30. The molecule has 2 rings (SSSR count). The van der Waals surface area contributed by atoms with E-state index in [2.05, 4.69) is 22.3 Å². The van der Waals surface area contributed by atoms with Crippen molar-refractivity contribution in [1.29, 1.82) is 10.5 Å². The zero-order valence-electron chi connectivity index (χ0n) is 12.9. The molecular formula is C18H17N5. The summed E-state index contributed by atoms with van der Waals surface area (Å²) < 4.78 is 1.92. The van der Waals surface area contributed by atoms with Crippen LogP contribution in [-0.2, 0) is 6.54 Å². The van der Waals surface area contributed by atoms with E-state index < -0.39 is 0 Å². The fraction of sp³-hybridized carbons (Fsp3) is 0.222. The molecule has 0 spiro atoms. The molecule has 5 nitrogen and oxygen atoms in total. The smallest absolute Gasteiger partial charge is 0.119 e. The van der Waals surface area contributed by atoms with Gasteiger partial charge in [-0.3, -0.25) is 0 Å². The summed E-state index contributed by atoms with van der Waals surface area (Å²) in [4.78, 5) is 0. The van der Waals surface area contributed by atoms with E-state index in [-0.39, 0.29) is 5.92 Å². The van der Waals surface area contributed by atoms with Gasteiger partial charge in [-0.05, 0) is 30.2 Å². The highest BCUT2D eigenvalue weighted by molar-refractivity contribution is 5.39. The number of aromatic nitrogens is 3. The van der Waals surface area contributed by atoms with Crippen molar-refractivity contribution in [2.45, 2.75) is 25.8 Å². The number of hydrogen-bond donors (Lipinski definition) is 0. The largest absolute Gasteiger partial charge is 0.319 e. The molecule has 1 atom stereocenters. The van der Waals surface area contributed by atoms with Crippen molar-refractivity contribution in [2.75, 3.05) is 0 Å². The van der Waals surface area contributed by atoms with Crippen molar-refractivity contribution in [2.24, 2.45) is 0 Å². The lowest BCUT2D eigenvalue weighted by molar-refractivity contribution is 0.620. The molecule has 0 fully saturated rings. The van der Waals surface area contributed by atoms with Crippen LogP contribution in [0.5, 0.6) is 0 Å². The Morgan fingerprint density at radius 3 is 2.48 bits per heavy atom. The Bertz CT molecular complexity index is 755. The Kier molecular flexibility index (Phi) is 5.85. The van der Waals surface area contributed by atoms with E-state index in [0.717, 1.165) is 11.1 Å². The zero-order chi connectivity index (χ0) is 16.5. The minimum Gasteiger partial charge on any atom is -0.319 e. The van der Waals surface area contributed by atoms with E-state index in [1.54, 1.807) is 12.7 Å². The monoisotopic (exact) mass is 303 g/mol. The topological polar surface area (TPSA) is 78.3 Å². The quantitative estimate of drug-likeness (QED) is 0.767. The number of hydrogen-bond acceptors (Lipinski definition) is 4. The van der Waals surface area contributed by atoms with Gasteiger partial charge in [-0.2, -0.15) is 10.5 Å². The van der Waals surface area contributed by atoms with Gasteiger partial charge in [-0.25, -0.2) is 0 Å². The molecule has 114 valence electrons. The Hall–Kier alpha value is -3.18. The number of allylic oxidation sites excluding steroid dienone is 4. The molecule has 0 aliphatic carbocycles. The lowest BCUT2D eigenvalue weighted by Crippen LogP contribution is -2.10. The molecule has 1 heterocycles. The van der Waals surface area contributed by atoms with Crippen LogP contribution < -0.4 is 0 Å². The molecule has 23 heavy (non-hydrogen) atoms. The van der Waals surface area contributed by atoms with Crippen LogP contribution >= 0.6 is 0 Å². The minimum absolute atomic E-state index is 0.0960. The van der Waals surface area contributed by atoms with E-state index >= 15 is 0 Å². The van der Waals surface area contributed by atoms with Crippen molar-refractivity contribution in [3.8, 4) is 12.1 Å². The molecule has 1 aromatic carbocycles. The summed E-state index contributed by atoms with van der Waals surface area (Å²) in [6.07, 6.45) is 9.63. The van der Waals surface area contributed by atoms with Crippen LogP contribution in [0, 0.1) is 22.7 Å². The highest BCUT2D eigenvalue weighted by Gasteiger charge is 2.15. The minimum atomic E-state index is 0.0960. The van der Waals surface area contributed by atoms with Crippen molar-refractivity contribution < 1.29 is 0 Å². The molecule has 0 aliphatic heterocycles. The predicted molar refractivity (Wildman–Crippen MR) is 87.0 cm³/mol. The van der Waals surface area contributed by atoms with Gasteiger partial charge in [0.1, 0.15) is 12.7 Å². The van der Waals surface area contributed by atoms with Gasteiger partial charge in [0, 0.05) is 12.5 Å². The molecular weight excluding hydrogens is 286 g/mol. The summed E-state index contributed by atoms with van der Waals surface area (Å²) in [5.41, 5.74) is 2.85. The first kappa shape index (κ1) is 16.2. The zero-order valence-corrected chi connectivity index (χ0v) is 12.9. The normalized spacial score (nSPS) is 12.7. The van der Waals surface area contributed by atoms with Crippen LogP contribution in [-0.4, -0.2) is 14.8 Å². The maximum atomic E-state index is 8.95. The summed E-state index contributed by atoms with van der Waals surface area (Å²) in [5, 5.41) is 25.3. The van der Waals surface area contributed by atoms with Gasteiger partial charge in [0.05, 0.1) is 24.1 Å². The van der Waals surface area contributed by atoms with E-state index in [1.165, 1.54) is 0 Å². The summed E-state index contributed by atoms with van der Waals surface area (Å²) >= 11 is 0. The third kappa shape index (κ3) is 4.39. The number of benzene rings is 1. The van der Waals surface area contributed by atoms with Crippen LogP contribution in [0.25, 0.3) is 0 Å². The number of nitriles is 2. The van der Waals surface area contributed by atoms with Crippen molar-refractivity contribution >= 4 is 0 Å². The second-order valence-corrected chi connectivity index (χ2v) is 5.00. The van der Waals surface area contributed by atoms with Crippen molar-refractivity contribution in [3.05, 3.63) is 71.8 Å². The SMILES string of the molecule is CC=C(C=CCC#N)C(Cn1cnnc1)c1ccc(C#N)cc1. The third-order valence-electron chi connectivity index (χ3n) is 3.56. The Morgan fingerprint density at radius 1 is 1.22 bits per heavy atom. The number of rotatable bonds is 6. The fourth-order valence-corrected chi connectivity index (χ4v) is 2.38. The molecule has 1 unspecified atom stereocenters. The molecule has 0 saturated heterocycles. The van der Waals surface area contributed by atoms with Crippen LogP contribution in [0.15, 0.2) is 60.7 Å². The van der Waals surface area contributed by atoms with Gasteiger partial charge < -0.3 is 4.57 Å². The van der Waals surface area contributed by atoms with Gasteiger partial charge in [0.25, 0.3) is 0 Å². The number of nitrogens with zero attached hydrogens (tertiary/aromatic N) is 5. The second-order valence-electron chi connectivity index (χ2n) is 5.00. The van der Waals surface area contributed by atoms with Gasteiger partial charge in [0.2, 0.25) is 0 Å². The van der Waals surface area contributed by atoms with Crippen LogP contribution in [0.4, 0.5) is 0 Å². The first-order valence-corrected chi connectivity index (χ1v) is 7.30. The molecule has 1 aromatic heterocycles. The Morgan fingerprint density at radius 2 is 1.91 bits per heavy atom. The Balaban J connectivity index is 2.33. The van der Waals surface area contributed by atoms with Gasteiger partial charge in [-0.15, -0.1) is 10.2 Å². The molecule has 5 heteroatoms. The standard InChI is InChI=1S/C18H17N5/c1-2-16(5-3-4-10-19)18(12-23-13-21-22-14-23)17-8-6-15(11-20)7-9-17/h2-3,5-9,13-14,18H,4,12H2,1H3. The predicted octanol–water partition coefficient (Wildman–Crippen LogP) is 3.35. The summed E-state index contributed by atoms with van der Waals surface area (Å²) in [7, 11) is 0. The maximum Gasteiger partial charge on any atom is 0.119 e. The fourth-order valence-electron chi connectivity index (χ4n) is 2.38. The average molecular weight is 303 g/mol. The summed E-state index contributed by atoms with van der Waals surface area (Å²) in [6, 6.07) is 11.8. The maximum absolute atomic E-state index is 8.95. The van der Waals surface area contributed by atoms with Crippen LogP contribution in [0.2, 0.25) is 0 Å². The van der Waals surface area contributed by atoms with E-state index in [0.29, 0.717) is 18.5 Å². The van der Waals surface area contributed by atoms with Crippen LogP contribution in [0.3, 0.4) is 0 Å². The van der Waals surface area contributed by atoms with Crippen molar-refractivity contribution in [1.82, 2.24) is 14.8 Å². The molecule has 0 saturated carbocycles. The lowest BCUT2D eigenvalue weighted by Gasteiger charge is -2.19. The first-order chi connectivity index (χ1) is 11.3. The molecule has 0 aliphatic rings. The summed E-state index contributed by atoms with van der Waals surface area (Å²) in [6.45, 7) is 2.67. The van der Waals surface area contributed by atoms with E-state index in [4.69, 9.17) is 10.5 Å². The third-order valence-corrected chi connectivity index (χ3v) is 3.56. The molecule has 0 amide bonds. The average Bonchev–Trinajstić information content (AvgIpc) is 3.10.